The van der Waals surface area contributed by atoms with Crippen molar-refractivity contribution in [3.8, 4) is 0 Å². The summed E-state index contributed by atoms with van der Waals surface area (Å²) in [6, 6.07) is 1.50. The van der Waals surface area contributed by atoms with Gasteiger partial charge in [-0.25, -0.2) is 4.98 Å². The van der Waals surface area contributed by atoms with Gasteiger partial charge in [-0.05, 0) is 19.9 Å². The Hall–Kier alpha value is -1.13. The highest BCUT2D eigenvalue weighted by molar-refractivity contribution is 6.31. The van der Waals surface area contributed by atoms with Crippen molar-refractivity contribution in [2.75, 3.05) is 12.3 Å². The number of pyridine rings is 1. The quantitative estimate of drug-likeness (QED) is 0.800. The first-order valence-corrected chi connectivity index (χ1v) is 5.01. The van der Waals surface area contributed by atoms with Crippen molar-refractivity contribution in [3.63, 3.8) is 0 Å². The van der Waals surface area contributed by atoms with Gasteiger partial charge in [0.15, 0.2) is 5.78 Å². The average molecular weight is 229 g/mol. The molecule has 0 aliphatic rings. The highest BCUT2D eigenvalue weighted by atomic mass is 35.5. The summed E-state index contributed by atoms with van der Waals surface area (Å²) in [5.41, 5.74) is 5.89. The summed E-state index contributed by atoms with van der Waals surface area (Å²) in [6.07, 6.45) is 0.872. The number of nitrogens with zero attached hydrogens (tertiary/aromatic N) is 1. The molecule has 1 aromatic heterocycles. The number of Topliss-reactive ketones (excluding diaryl/α,β-unsaturated/α-hetero) is 1. The maximum atomic E-state index is 11.8. The number of ether oxygens (including phenoxy) is 1. The first-order chi connectivity index (χ1) is 7.06. The molecule has 0 bridgehead atoms. The molecule has 0 saturated carbocycles. The maximum absolute atomic E-state index is 11.8. The Kier molecular flexibility index (Phi) is 4.05. The second-order valence-corrected chi connectivity index (χ2v) is 3.48. The third kappa shape index (κ3) is 2.91. The summed E-state index contributed by atoms with van der Waals surface area (Å²) >= 11 is 5.73. The molecule has 0 saturated heterocycles. The van der Waals surface area contributed by atoms with Crippen LogP contribution in [0.3, 0.4) is 0 Å². The first-order valence-electron chi connectivity index (χ1n) is 4.63. The number of nitrogen functional groups attached to an aromatic ring is 1. The van der Waals surface area contributed by atoms with E-state index in [4.69, 9.17) is 22.1 Å². The molecule has 0 amide bonds. The number of hydrogen-bond acceptors (Lipinski definition) is 4. The minimum absolute atomic E-state index is 0.177. The Morgan fingerprint density at radius 1 is 1.73 bits per heavy atom. The van der Waals surface area contributed by atoms with Crippen molar-refractivity contribution in [2.24, 2.45) is 0 Å². The topological polar surface area (TPSA) is 65.2 Å². The van der Waals surface area contributed by atoms with Gasteiger partial charge in [-0.15, -0.1) is 0 Å². The van der Waals surface area contributed by atoms with Gasteiger partial charge in [0.2, 0.25) is 0 Å². The normalized spacial score (nSPS) is 12.5. The van der Waals surface area contributed by atoms with E-state index in [-0.39, 0.29) is 11.6 Å². The highest BCUT2D eigenvalue weighted by Crippen LogP contribution is 2.17. The molecule has 0 fully saturated rings. The first kappa shape index (κ1) is 11.9. The number of nitrogens with two attached hydrogens (primary N) is 1. The Morgan fingerprint density at radius 3 is 3.00 bits per heavy atom. The molecule has 1 rings (SSSR count). The molecule has 0 aliphatic carbocycles. The van der Waals surface area contributed by atoms with Crippen LogP contribution in [-0.2, 0) is 4.74 Å². The molecular weight excluding hydrogens is 216 g/mol. The van der Waals surface area contributed by atoms with Gasteiger partial charge in [0.05, 0.1) is 10.6 Å². The predicted octanol–water partition coefficient (Wildman–Crippen LogP) is 1.92. The molecule has 0 aromatic carbocycles. The van der Waals surface area contributed by atoms with Gasteiger partial charge in [0.25, 0.3) is 0 Å². The number of anilines is 1. The van der Waals surface area contributed by atoms with Gasteiger partial charge in [0, 0.05) is 12.8 Å². The molecule has 1 aromatic rings. The van der Waals surface area contributed by atoms with Gasteiger partial charge in [0.1, 0.15) is 11.9 Å². The molecule has 0 aliphatic heterocycles. The molecule has 0 spiro atoms. The number of hydrogen-bond donors (Lipinski definition) is 1. The number of ketones is 1. The van der Waals surface area contributed by atoms with Crippen molar-refractivity contribution >= 4 is 23.2 Å². The summed E-state index contributed by atoms with van der Waals surface area (Å²) in [5.74, 6) is -0.0275. The van der Waals surface area contributed by atoms with Gasteiger partial charge in [-0.3, -0.25) is 4.79 Å². The van der Waals surface area contributed by atoms with Crippen LogP contribution in [0.1, 0.15) is 24.2 Å². The summed E-state index contributed by atoms with van der Waals surface area (Å²) in [4.78, 5) is 15.6. The van der Waals surface area contributed by atoms with E-state index in [1.165, 1.54) is 12.3 Å². The van der Waals surface area contributed by atoms with Crippen LogP contribution in [0, 0.1) is 0 Å². The van der Waals surface area contributed by atoms with Crippen LogP contribution in [0.2, 0.25) is 5.02 Å². The van der Waals surface area contributed by atoms with Gasteiger partial charge >= 0.3 is 0 Å². The van der Waals surface area contributed by atoms with Crippen LogP contribution >= 0.6 is 11.6 Å². The number of rotatable bonds is 4. The van der Waals surface area contributed by atoms with Crippen LogP contribution in [0.25, 0.3) is 0 Å². The van der Waals surface area contributed by atoms with E-state index >= 15 is 0 Å². The fourth-order valence-electron chi connectivity index (χ4n) is 1.19. The lowest BCUT2D eigenvalue weighted by Gasteiger charge is -2.11. The van der Waals surface area contributed by atoms with E-state index in [0.29, 0.717) is 17.2 Å². The Labute approximate surface area is 93.4 Å². The van der Waals surface area contributed by atoms with Crippen LogP contribution in [0.5, 0.6) is 0 Å². The zero-order chi connectivity index (χ0) is 11.4. The lowest BCUT2D eigenvalue weighted by atomic mass is 10.1. The van der Waals surface area contributed by atoms with Crippen LogP contribution < -0.4 is 5.73 Å². The number of aromatic nitrogens is 1. The third-order valence-corrected chi connectivity index (χ3v) is 2.14. The molecule has 82 valence electrons. The summed E-state index contributed by atoms with van der Waals surface area (Å²) in [7, 11) is 0. The van der Waals surface area contributed by atoms with E-state index in [1.54, 1.807) is 6.92 Å². The zero-order valence-electron chi connectivity index (χ0n) is 8.66. The SMILES string of the molecule is CCOC(C)C(=O)c1cc(Cl)cnc1N. The van der Waals surface area contributed by atoms with Crippen molar-refractivity contribution in [1.29, 1.82) is 0 Å². The van der Waals surface area contributed by atoms with Crippen molar-refractivity contribution in [2.45, 2.75) is 20.0 Å². The lowest BCUT2D eigenvalue weighted by molar-refractivity contribution is 0.0521. The van der Waals surface area contributed by atoms with Crippen LogP contribution in [0.4, 0.5) is 5.82 Å². The molecule has 15 heavy (non-hydrogen) atoms. The van der Waals surface area contributed by atoms with E-state index < -0.39 is 6.10 Å². The van der Waals surface area contributed by atoms with Gasteiger partial charge in [-0.2, -0.15) is 0 Å². The molecule has 1 heterocycles. The average Bonchev–Trinajstić information content (AvgIpc) is 2.21. The molecule has 1 atom stereocenters. The van der Waals surface area contributed by atoms with E-state index in [2.05, 4.69) is 4.98 Å². The van der Waals surface area contributed by atoms with E-state index in [0.717, 1.165) is 0 Å². The molecular formula is C10H13ClN2O2. The highest BCUT2D eigenvalue weighted by Gasteiger charge is 2.18. The van der Waals surface area contributed by atoms with Crippen molar-refractivity contribution in [1.82, 2.24) is 4.98 Å². The molecule has 2 N–H and O–H groups in total. The van der Waals surface area contributed by atoms with Crippen LogP contribution in [-0.4, -0.2) is 23.5 Å². The third-order valence-electron chi connectivity index (χ3n) is 1.94. The van der Waals surface area contributed by atoms with Crippen molar-refractivity contribution in [3.05, 3.63) is 22.8 Å². The van der Waals surface area contributed by atoms with Crippen molar-refractivity contribution < 1.29 is 9.53 Å². The largest absolute Gasteiger partial charge is 0.383 e. The van der Waals surface area contributed by atoms with E-state index in [1.807, 2.05) is 6.92 Å². The fourth-order valence-corrected chi connectivity index (χ4v) is 1.35. The predicted molar refractivity (Wildman–Crippen MR) is 59.1 cm³/mol. The second kappa shape index (κ2) is 5.09. The Bertz CT molecular complexity index is 368. The minimum Gasteiger partial charge on any atom is -0.383 e. The standard InChI is InChI=1S/C10H13ClN2O2/c1-3-15-6(2)9(14)8-4-7(11)5-13-10(8)12/h4-6H,3H2,1-2H3,(H2,12,13). The Balaban J connectivity index is 2.95. The molecule has 5 heteroatoms. The minimum atomic E-state index is -0.530. The van der Waals surface area contributed by atoms with Gasteiger partial charge < -0.3 is 10.5 Å². The lowest BCUT2D eigenvalue weighted by Crippen LogP contribution is -2.22. The summed E-state index contributed by atoms with van der Waals surface area (Å²) in [5, 5.41) is 0.385. The Morgan fingerprint density at radius 2 is 2.40 bits per heavy atom. The summed E-state index contributed by atoms with van der Waals surface area (Å²) < 4.78 is 5.18. The van der Waals surface area contributed by atoms with E-state index in [9.17, 15) is 4.79 Å². The maximum Gasteiger partial charge on any atom is 0.195 e. The second-order valence-electron chi connectivity index (χ2n) is 3.05. The summed E-state index contributed by atoms with van der Waals surface area (Å²) in [6.45, 7) is 3.97. The smallest absolute Gasteiger partial charge is 0.195 e. The van der Waals surface area contributed by atoms with Crippen LogP contribution in [0.15, 0.2) is 12.3 Å². The fraction of sp³-hybridized carbons (Fsp3) is 0.400. The molecule has 1 unspecified atom stereocenters. The van der Waals surface area contributed by atoms with Gasteiger partial charge in [-0.1, -0.05) is 11.6 Å². The monoisotopic (exact) mass is 228 g/mol. The zero-order valence-corrected chi connectivity index (χ0v) is 9.41. The number of carbonyl (C=O) groups excluding carboxylic acids is 1. The molecule has 4 nitrogen and oxygen atoms in total. The number of halogens is 1. The molecule has 0 radical (unpaired) electrons. The number of carbonyl (C=O) groups is 1.